The van der Waals surface area contributed by atoms with E-state index in [1.165, 1.54) is 7.11 Å². The summed E-state index contributed by atoms with van der Waals surface area (Å²) in [5, 5.41) is 3.65. The summed E-state index contributed by atoms with van der Waals surface area (Å²) in [6.45, 7) is 1.87. The molecule has 0 saturated carbocycles. The van der Waals surface area contributed by atoms with E-state index >= 15 is 0 Å². The molecule has 3 nitrogen and oxygen atoms in total. The molecule has 0 aliphatic carbocycles. The van der Waals surface area contributed by atoms with E-state index in [1.807, 2.05) is 13.0 Å². The lowest BCUT2D eigenvalue weighted by Gasteiger charge is -2.13. The van der Waals surface area contributed by atoms with Crippen LogP contribution in [-0.2, 0) is 0 Å². The number of halogens is 3. The van der Waals surface area contributed by atoms with Crippen LogP contribution in [0.25, 0.3) is 0 Å². The van der Waals surface area contributed by atoms with E-state index in [1.54, 1.807) is 24.3 Å². The predicted molar refractivity (Wildman–Crippen MR) is 89.8 cm³/mol. The number of carbonyl (C=O) groups excluding carboxylic acids is 1. The first-order chi connectivity index (χ1) is 9.92. The Labute approximate surface area is 141 Å². The van der Waals surface area contributed by atoms with Crippen molar-refractivity contribution in [3.05, 3.63) is 56.0 Å². The first-order valence-electron chi connectivity index (χ1n) is 6.03. The van der Waals surface area contributed by atoms with Crippen molar-refractivity contribution >= 4 is 50.7 Å². The van der Waals surface area contributed by atoms with Gasteiger partial charge in [-0.25, -0.2) is 0 Å². The number of carbonyl (C=O) groups is 1. The van der Waals surface area contributed by atoms with Gasteiger partial charge in [0.25, 0.3) is 5.91 Å². The van der Waals surface area contributed by atoms with E-state index in [2.05, 4.69) is 21.2 Å². The van der Waals surface area contributed by atoms with Crippen LogP contribution in [0.4, 0.5) is 5.69 Å². The third-order valence-corrected chi connectivity index (χ3v) is 3.89. The highest BCUT2D eigenvalue weighted by Crippen LogP contribution is 2.30. The minimum absolute atomic E-state index is 0.319. The quantitative estimate of drug-likeness (QED) is 0.771. The number of amides is 1. The fourth-order valence-electron chi connectivity index (χ4n) is 1.95. The average Bonchev–Trinajstić information content (AvgIpc) is 2.42. The molecule has 1 amide bonds. The number of anilines is 1. The number of ether oxygens (including phenoxy) is 1. The highest BCUT2D eigenvalue weighted by atomic mass is 79.9. The van der Waals surface area contributed by atoms with Gasteiger partial charge < -0.3 is 10.1 Å². The largest absolute Gasteiger partial charge is 0.496 e. The third-order valence-electron chi connectivity index (χ3n) is 2.86. The molecular weight excluding hydrogens is 377 g/mol. The highest BCUT2D eigenvalue weighted by molar-refractivity contribution is 9.10. The van der Waals surface area contributed by atoms with Gasteiger partial charge in [-0.05, 0) is 42.8 Å². The lowest BCUT2D eigenvalue weighted by atomic mass is 10.1. The standard InChI is InChI=1S/C15H12BrCl2NO2/c1-8-5-9(16)6-11(14(8)21-2)15(20)19-13-7-10(17)3-4-12(13)18/h3-7H,1-2H3,(H,19,20). The summed E-state index contributed by atoms with van der Waals surface area (Å²) in [4.78, 5) is 12.4. The van der Waals surface area contributed by atoms with Crippen LogP contribution in [0.15, 0.2) is 34.8 Å². The van der Waals surface area contributed by atoms with Crippen molar-refractivity contribution in [3.63, 3.8) is 0 Å². The Morgan fingerprint density at radius 3 is 2.62 bits per heavy atom. The molecule has 0 radical (unpaired) electrons. The zero-order valence-corrected chi connectivity index (χ0v) is 14.4. The number of rotatable bonds is 3. The smallest absolute Gasteiger partial charge is 0.259 e. The topological polar surface area (TPSA) is 38.3 Å². The van der Waals surface area contributed by atoms with Gasteiger partial charge in [-0.3, -0.25) is 4.79 Å². The molecule has 0 unspecified atom stereocenters. The van der Waals surface area contributed by atoms with Crippen LogP contribution >= 0.6 is 39.1 Å². The van der Waals surface area contributed by atoms with Crippen molar-refractivity contribution in [2.45, 2.75) is 6.92 Å². The number of nitrogens with one attached hydrogen (secondary N) is 1. The van der Waals surface area contributed by atoms with E-state index in [0.29, 0.717) is 27.0 Å². The van der Waals surface area contributed by atoms with Gasteiger partial charge >= 0.3 is 0 Å². The molecule has 0 aliphatic heterocycles. The minimum atomic E-state index is -0.319. The Hall–Kier alpha value is -1.23. The molecule has 2 aromatic carbocycles. The van der Waals surface area contributed by atoms with E-state index in [0.717, 1.165) is 10.0 Å². The zero-order valence-electron chi connectivity index (χ0n) is 11.3. The molecule has 0 saturated heterocycles. The van der Waals surface area contributed by atoms with E-state index in [-0.39, 0.29) is 5.91 Å². The van der Waals surface area contributed by atoms with Crippen LogP contribution in [0.2, 0.25) is 10.0 Å². The first kappa shape index (κ1) is 16.1. The third kappa shape index (κ3) is 3.70. The summed E-state index contributed by atoms with van der Waals surface area (Å²) in [5.41, 5.74) is 1.73. The summed E-state index contributed by atoms with van der Waals surface area (Å²) in [6, 6.07) is 8.45. The van der Waals surface area contributed by atoms with Gasteiger partial charge in [-0.15, -0.1) is 0 Å². The molecule has 0 atom stereocenters. The Morgan fingerprint density at radius 2 is 1.95 bits per heavy atom. The van der Waals surface area contributed by atoms with Gasteiger partial charge in [-0.2, -0.15) is 0 Å². The fraction of sp³-hybridized carbons (Fsp3) is 0.133. The monoisotopic (exact) mass is 387 g/mol. The van der Waals surface area contributed by atoms with E-state index in [4.69, 9.17) is 27.9 Å². The van der Waals surface area contributed by atoms with Crippen molar-refractivity contribution < 1.29 is 9.53 Å². The van der Waals surface area contributed by atoms with Crippen LogP contribution in [0, 0.1) is 6.92 Å². The highest BCUT2D eigenvalue weighted by Gasteiger charge is 2.16. The van der Waals surface area contributed by atoms with Crippen LogP contribution in [0.3, 0.4) is 0 Å². The first-order valence-corrected chi connectivity index (χ1v) is 7.58. The van der Waals surface area contributed by atoms with Crippen molar-refractivity contribution in [2.75, 3.05) is 12.4 Å². The molecule has 0 aromatic heterocycles. The maximum Gasteiger partial charge on any atom is 0.259 e. The summed E-state index contributed by atoms with van der Waals surface area (Å²) in [7, 11) is 1.53. The number of hydrogen-bond donors (Lipinski definition) is 1. The average molecular weight is 389 g/mol. The Balaban J connectivity index is 2.39. The van der Waals surface area contributed by atoms with E-state index in [9.17, 15) is 4.79 Å². The molecule has 1 N–H and O–H groups in total. The maximum atomic E-state index is 12.4. The molecule has 0 bridgehead atoms. The predicted octanol–water partition coefficient (Wildman–Crippen LogP) is 5.33. The summed E-state index contributed by atoms with van der Waals surface area (Å²) in [6.07, 6.45) is 0. The summed E-state index contributed by atoms with van der Waals surface area (Å²) in [5.74, 6) is 0.203. The Morgan fingerprint density at radius 1 is 1.24 bits per heavy atom. The van der Waals surface area contributed by atoms with Gasteiger partial charge in [0.05, 0.1) is 23.4 Å². The van der Waals surface area contributed by atoms with Gasteiger partial charge in [-0.1, -0.05) is 39.1 Å². The van der Waals surface area contributed by atoms with E-state index < -0.39 is 0 Å². The summed E-state index contributed by atoms with van der Waals surface area (Å²) < 4.78 is 6.10. The SMILES string of the molecule is COc1c(C)cc(Br)cc1C(=O)Nc1cc(Cl)ccc1Cl. The molecule has 21 heavy (non-hydrogen) atoms. The Kier molecular flexibility index (Phi) is 5.14. The van der Waals surface area contributed by atoms with Crippen molar-refractivity contribution in [3.8, 4) is 5.75 Å². The van der Waals surface area contributed by atoms with Gasteiger partial charge in [0, 0.05) is 9.50 Å². The van der Waals surface area contributed by atoms with Crippen LogP contribution < -0.4 is 10.1 Å². The van der Waals surface area contributed by atoms with Gasteiger partial charge in [0.15, 0.2) is 0 Å². The number of benzene rings is 2. The van der Waals surface area contributed by atoms with Gasteiger partial charge in [0.2, 0.25) is 0 Å². The lowest BCUT2D eigenvalue weighted by molar-refractivity contribution is 0.102. The molecule has 2 aromatic rings. The number of hydrogen-bond acceptors (Lipinski definition) is 2. The normalized spacial score (nSPS) is 10.3. The molecule has 110 valence electrons. The van der Waals surface area contributed by atoms with Crippen LogP contribution in [0.1, 0.15) is 15.9 Å². The number of aryl methyl sites for hydroxylation is 1. The van der Waals surface area contributed by atoms with Crippen LogP contribution in [0.5, 0.6) is 5.75 Å². The van der Waals surface area contributed by atoms with Crippen molar-refractivity contribution in [1.29, 1.82) is 0 Å². The fourth-order valence-corrected chi connectivity index (χ4v) is 2.86. The maximum absolute atomic E-state index is 12.4. The molecule has 2 rings (SSSR count). The summed E-state index contributed by atoms with van der Waals surface area (Å²) >= 11 is 15.3. The molecule has 0 aliphatic rings. The van der Waals surface area contributed by atoms with Crippen molar-refractivity contribution in [2.24, 2.45) is 0 Å². The van der Waals surface area contributed by atoms with Gasteiger partial charge in [0.1, 0.15) is 5.75 Å². The second kappa shape index (κ2) is 6.69. The molecule has 0 heterocycles. The van der Waals surface area contributed by atoms with Crippen molar-refractivity contribution in [1.82, 2.24) is 0 Å². The van der Waals surface area contributed by atoms with Crippen LogP contribution in [-0.4, -0.2) is 13.0 Å². The lowest BCUT2D eigenvalue weighted by Crippen LogP contribution is -2.14. The zero-order chi connectivity index (χ0) is 15.6. The molecule has 6 heteroatoms. The molecular formula is C15H12BrCl2NO2. The molecule has 0 spiro atoms. The second-order valence-corrected chi connectivity index (χ2v) is 6.14. The second-order valence-electron chi connectivity index (χ2n) is 4.38. The minimum Gasteiger partial charge on any atom is -0.496 e. The Bertz CT molecular complexity index is 704. The number of methoxy groups -OCH3 is 1. The molecule has 0 fully saturated rings.